The Bertz CT molecular complexity index is 1490. The van der Waals surface area contributed by atoms with Crippen molar-refractivity contribution in [3.05, 3.63) is 78.1 Å². The van der Waals surface area contributed by atoms with Crippen molar-refractivity contribution < 1.29 is 14.3 Å². The SMILES string of the molecule is CNC(=O)C1CCN(C(=O)c2ccc(Nc3ccc(-c4ccc5c(c4)CNCO5)n4ccnc34)cc2)CC1. The molecule has 2 amide bonds. The van der Waals surface area contributed by atoms with Gasteiger partial charge in [-0.3, -0.25) is 19.3 Å². The number of amides is 2. The lowest BCUT2D eigenvalue weighted by Gasteiger charge is -2.31. The van der Waals surface area contributed by atoms with Gasteiger partial charge in [0, 0.05) is 61.8 Å². The van der Waals surface area contributed by atoms with Crippen LogP contribution in [-0.4, -0.2) is 53.0 Å². The number of likely N-dealkylation sites (tertiary alicyclic amines) is 1. The van der Waals surface area contributed by atoms with E-state index in [1.807, 2.05) is 47.5 Å². The molecule has 4 aromatic rings. The van der Waals surface area contributed by atoms with Crippen LogP contribution in [0, 0.1) is 5.92 Å². The lowest BCUT2D eigenvalue weighted by molar-refractivity contribution is -0.125. The number of rotatable bonds is 5. The number of carbonyl (C=O) groups is 2. The number of hydrogen-bond donors (Lipinski definition) is 3. The highest BCUT2D eigenvalue weighted by atomic mass is 16.5. The van der Waals surface area contributed by atoms with Crippen molar-refractivity contribution in [2.45, 2.75) is 19.4 Å². The monoisotopic (exact) mass is 510 g/mol. The third kappa shape index (κ3) is 4.56. The molecular weight excluding hydrogens is 480 g/mol. The second-order valence-electron chi connectivity index (χ2n) is 9.67. The van der Waals surface area contributed by atoms with Crippen LogP contribution >= 0.6 is 0 Å². The third-order valence-electron chi connectivity index (χ3n) is 7.36. The first-order chi connectivity index (χ1) is 18.6. The Labute approximate surface area is 220 Å². The minimum absolute atomic E-state index is 0.00226. The Kier molecular flexibility index (Phi) is 6.43. The summed E-state index contributed by atoms with van der Waals surface area (Å²) in [6.07, 6.45) is 5.14. The smallest absolute Gasteiger partial charge is 0.253 e. The van der Waals surface area contributed by atoms with Crippen LogP contribution in [0.1, 0.15) is 28.8 Å². The lowest BCUT2D eigenvalue weighted by atomic mass is 9.95. The van der Waals surface area contributed by atoms with Crippen LogP contribution in [0.15, 0.2) is 67.0 Å². The summed E-state index contributed by atoms with van der Waals surface area (Å²) in [5.74, 6) is 0.960. The van der Waals surface area contributed by atoms with Gasteiger partial charge in [0.15, 0.2) is 5.65 Å². The van der Waals surface area contributed by atoms with E-state index in [9.17, 15) is 9.59 Å². The molecule has 0 bridgehead atoms. The molecule has 9 heteroatoms. The molecular formula is C29H30N6O3. The van der Waals surface area contributed by atoms with Gasteiger partial charge in [0.1, 0.15) is 12.5 Å². The number of anilines is 2. The largest absolute Gasteiger partial charge is 0.478 e. The first-order valence-electron chi connectivity index (χ1n) is 12.9. The average Bonchev–Trinajstić information content (AvgIpc) is 3.47. The number of piperidine rings is 1. The molecule has 6 rings (SSSR count). The fraction of sp³-hybridized carbons (Fsp3) is 0.276. The van der Waals surface area contributed by atoms with Gasteiger partial charge in [0.25, 0.3) is 5.91 Å². The van der Waals surface area contributed by atoms with Gasteiger partial charge in [-0.05, 0) is 73.0 Å². The lowest BCUT2D eigenvalue weighted by Crippen LogP contribution is -2.42. The van der Waals surface area contributed by atoms with Crippen LogP contribution in [-0.2, 0) is 11.3 Å². The van der Waals surface area contributed by atoms with E-state index in [4.69, 9.17) is 4.74 Å². The Morgan fingerprint density at radius 1 is 1.05 bits per heavy atom. The number of ether oxygens (including phenoxy) is 1. The summed E-state index contributed by atoms with van der Waals surface area (Å²) in [5.41, 5.74) is 6.46. The Morgan fingerprint density at radius 2 is 1.87 bits per heavy atom. The molecule has 4 heterocycles. The summed E-state index contributed by atoms with van der Waals surface area (Å²) < 4.78 is 7.74. The predicted octanol–water partition coefficient (Wildman–Crippen LogP) is 3.78. The van der Waals surface area contributed by atoms with E-state index in [1.165, 1.54) is 0 Å². The van der Waals surface area contributed by atoms with Crippen LogP contribution in [0.5, 0.6) is 5.75 Å². The summed E-state index contributed by atoms with van der Waals surface area (Å²) in [7, 11) is 1.66. The average molecular weight is 511 g/mol. The van der Waals surface area contributed by atoms with Gasteiger partial charge < -0.3 is 20.3 Å². The summed E-state index contributed by atoms with van der Waals surface area (Å²) in [6.45, 7) is 2.50. The van der Waals surface area contributed by atoms with E-state index in [2.05, 4.69) is 43.5 Å². The Hall–Kier alpha value is -4.37. The van der Waals surface area contributed by atoms with E-state index in [0.717, 1.165) is 46.1 Å². The normalized spacial score (nSPS) is 15.6. The quantitative estimate of drug-likeness (QED) is 0.378. The van der Waals surface area contributed by atoms with Crippen molar-refractivity contribution in [3.63, 3.8) is 0 Å². The van der Waals surface area contributed by atoms with E-state index in [-0.39, 0.29) is 17.7 Å². The maximum absolute atomic E-state index is 13.0. The summed E-state index contributed by atoms with van der Waals surface area (Å²) in [6, 6.07) is 17.9. The molecule has 1 fully saturated rings. The molecule has 3 N–H and O–H groups in total. The molecule has 0 aliphatic carbocycles. The number of nitrogens with zero attached hydrogens (tertiary/aromatic N) is 3. The van der Waals surface area contributed by atoms with Crippen molar-refractivity contribution in [1.82, 2.24) is 24.9 Å². The second kappa shape index (κ2) is 10.2. The standard InChI is InChI=1S/C29H30N6O3/c1-30-28(36)19-10-13-34(14-11-19)29(37)20-2-5-23(6-3-20)33-24-7-8-25(35-15-12-32-27(24)35)21-4-9-26-22(16-21)17-31-18-38-26/h2-9,12,15-16,19,31,33H,10-11,13-14,17-18H2,1H3,(H,30,36). The molecule has 1 saturated heterocycles. The van der Waals surface area contributed by atoms with E-state index in [1.54, 1.807) is 13.2 Å². The molecule has 38 heavy (non-hydrogen) atoms. The molecule has 0 spiro atoms. The first kappa shape index (κ1) is 24.0. The molecule has 0 atom stereocenters. The zero-order valence-electron chi connectivity index (χ0n) is 21.2. The molecule has 2 aliphatic rings. The fourth-order valence-electron chi connectivity index (χ4n) is 5.26. The van der Waals surface area contributed by atoms with Crippen molar-refractivity contribution >= 4 is 28.8 Å². The first-order valence-corrected chi connectivity index (χ1v) is 12.9. The zero-order valence-corrected chi connectivity index (χ0v) is 21.2. The highest BCUT2D eigenvalue weighted by Gasteiger charge is 2.27. The van der Waals surface area contributed by atoms with Gasteiger partial charge in [-0.25, -0.2) is 4.98 Å². The number of nitrogens with one attached hydrogen (secondary N) is 3. The van der Waals surface area contributed by atoms with E-state index >= 15 is 0 Å². The Balaban J connectivity index is 1.17. The van der Waals surface area contributed by atoms with Crippen molar-refractivity contribution in [1.29, 1.82) is 0 Å². The van der Waals surface area contributed by atoms with E-state index in [0.29, 0.717) is 38.2 Å². The zero-order chi connectivity index (χ0) is 26.1. The van der Waals surface area contributed by atoms with Gasteiger partial charge in [-0.1, -0.05) is 0 Å². The molecule has 2 aliphatic heterocycles. The van der Waals surface area contributed by atoms with Crippen LogP contribution < -0.4 is 20.7 Å². The van der Waals surface area contributed by atoms with Gasteiger partial charge in [0.2, 0.25) is 5.91 Å². The summed E-state index contributed by atoms with van der Waals surface area (Å²) in [5, 5.41) is 9.39. The van der Waals surface area contributed by atoms with Crippen LogP contribution in [0.25, 0.3) is 16.9 Å². The van der Waals surface area contributed by atoms with Crippen molar-refractivity contribution in [2.75, 3.05) is 32.2 Å². The van der Waals surface area contributed by atoms with Crippen molar-refractivity contribution in [3.8, 4) is 17.0 Å². The number of pyridine rings is 1. The fourth-order valence-corrected chi connectivity index (χ4v) is 5.26. The molecule has 9 nitrogen and oxygen atoms in total. The van der Waals surface area contributed by atoms with Gasteiger partial charge in [0.05, 0.1) is 11.4 Å². The van der Waals surface area contributed by atoms with Gasteiger partial charge >= 0.3 is 0 Å². The summed E-state index contributed by atoms with van der Waals surface area (Å²) in [4.78, 5) is 31.3. The number of hydrogen-bond acceptors (Lipinski definition) is 6. The minimum Gasteiger partial charge on any atom is -0.478 e. The molecule has 0 unspecified atom stereocenters. The molecule has 0 saturated carbocycles. The molecule has 0 radical (unpaired) electrons. The topological polar surface area (TPSA) is 100 Å². The van der Waals surface area contributed by atoms with Crippen LogP contribution in [0.3, 0.4) is 0 Å². The van der Waals surface area contributed by atoms with E-state index < -0.39 is 0 Å². The Morgan fingerprint density at radius 3 is 2.66 bits per heavy atom. The number of carbonyl (C=O) groups excluding carboxylic acids is 2. The molecule has 2 aromatic carbocycles. The maximum Gasteiger partial charge on any atom is 0.253 e. The minimum atomic E-state index is -0.0141. The predicted molar refractivity (Wildman–Crippen MR) is 145 cm³/mol. The maximum atomic E-state index is 13.0. The highest BCUT2D eigenvalue weighted by molar-refractivity contribution is 5.95. The van der Waals surface area contributed by atoms with Gasteiger partial charge in [-0.2, -0.15) is 0 Å². The van der Waals surface area contributed by atoms with Crippen LogP contribution in [0.2, 0.25) is 0 Å². The second-order valence-corrected chi connectivity index (χ2v) is 9.67. The molecule has 2 aromatic heterocycles. The number of aromatic nitrogens is 2. The third-order valence-corrected chi connectivity index (χ3v) is 7.36. The summed E-state index contributed by atoms with van der Waals surface area (Å²) >= 11 is 0. The van der Waals surface area contributed by atoms with Crippen molar-refractivity contribution in [2.24, 2.45) is 5.92 Å². The number of imidazole rings is 1. The van der Waals surface area contributed by atoms with Gasteiger partial charge in [-0.15, -0.1) is 0 Å². The number of fused-ring (bicyclic) bond motifs is 2. The van der Waals surface area contributed by atoms with Crippen LogP contribution in [0.4, 0.5) is 11.4 Å². The number of benzene rings is 2. The highest BCUT2D eigenvalue weighted by Crippen LogP contribution is 2.31. The molecule has 194 valence electrons.